The third kappa shape index (κ3) is 1.66. The first-order chi connectivity index (χ1) is 8.16. The van der Waals surface area contributed by atoms with Gasteiger partial charge in [0.25, 0.3) is 5.91 Å². The molecule has 5 heteroatoms. The molecule has 0 aliphatic carbocycles. The Balaban J connectivity index is 1.92. The first-order valence-electron chi connectivity index (χ1n) is 5.96. The minimum atomic E-state index is -0.664. The lowest BCUT2D eigenvalue weighted by Crippen LogP contribution is -2.60. The maximum absolute atomic E-state index is 12.3. The van der Waals surface area contributed by atoms with E-state index >= 15 is 0 Å². The molecule has 1 N–H and O–H groups in total. The topological polar surface area (TPSA) is 53.0 Å². The van der Waals surface area contributed by atoms with Crippen molar-refractivity contribution in [2.24, 2.45) is 0 Å². The van der Waals surface area contributed by atoms with Crippen molar-refractivity contribution in [3.63, 3.8) is 0 Å². The number of rotatable bonds is 0. The van der Waals surface area contributed by atoms with Crippen LogP contribution in [0.25, 0.3) is 0 Å². The summed E-state index contributed by atoms with van der Waals surface area (Å²) in [5.41, 5.74) is 0.564. The number of nitrogens with zero attached hydrogens (tertiary/aromatic N) is 2. The second-order valence-electron chi connectivity index (χ2n) is 4.71. The summed E-state index contributed by atoms with van der Waals surface area (Å²) in [6.07, 6.45) is 5.07. The summed E-state index contributed by atoms with van der Waals surface area (Å²) in [6, 6.07) is 0.201. The van der Waals surface area contributed by atoms with E-state index in [1.165, 1.54) is 0 Å². The van der Waals surface area contributed by atoms with Crippen LogP contribution in [0.2, 0.25) is 0 Å². The molecule has 2 fully saturated rings. The third-order valence-corrected chi connectivity index (χ3v) is 3.54. The Morgan fingerprint density at radius 3 is 3.18 bits per heavy atom. The fourth-order valence-corrected chi connectivity index (χ4v) is 2.59. The predicted octanol–water partition coefficient (Wildman–Crippen LogP) is 0.0376. The minimum absolute atomic E-state index is 0.0446. The number of aliphatic hydroxyl groups is 1. The fourth-order valence-electron chi connectivity index (χ4n) is 2.59. The summed E-state index contributed by atoms with van der Waals surface area (Å²) in [5, 5.41) is 9.54. The largest absolute Gasteiger partial charge is 0.385 e. The SMILES string of the molecule is C[C@@H]1CCO[C@H]2CN3C=CC(O)C=C3C(=O)N12. The summed E-state index contributed by atoms with van der Waals surface area (Å²) in [7, 11) is 0. The Kier molecular flexibility index (Phi) is 2.45. The molecule has 0 aromatic carbocycles. The van der Waals surface area contributed by atoms with Gasteiger partial charge in [0.05, 0.1) is 19.3 Å². The summed E-state index contributed by atoms with van der Waals surface area (Å²) in [6.45, 7) is 3.39. The number of amides is 1. The molecule has 3 rings (SSSR count). The van der Waals surface area contributed by atoms with Crippen molar-refractivity contribution in [1.29, 1.82) is 0 Å². The van der Waals surface area contributed by atoms with Crippen LogP contribution in [-0.2, 0) is 9.53 Å². The summed E-state index contributed by atoms with van der Waals surface area (Å²) in [5.74, 6) is -0.0446. The summed E-state index contributed by atoms with van der Waals surface area (Å²) < 4.78 is 5.64. The van der Waals surface area contributed by atoms with Gasteiger partial charge < -0.3 is 19.6 Å². The standard InChI is InChI=1S/C12H16N2O3/c1-8-3-5-17-11-7-13-4-2-9(15)6-10(13)12(16)14(8)11/h2,4,6,8-9,11,15H,3,5,7H2,1H3/t8-,9?,11+/m1/s1. The van der Waals surface area contributed by atoms with Gasteiger partial charge in [0.15, 0.2) is 6.23 Å². The molecule has 92 valence electrons. The zero-order valence-electron chi connectivity index (χ0n) is 9.74. The van der Waals surface area contributed by atoms with E-state index in [-0.39, 0.29) is 18.2 Å². The van der Waals surface area contributed by atoms with Crippen LogP contribution in [-0.4, -0.2) is 52.3 Å². The lowest BCUT2D eigenvalue weighted by atomic mass is 10.1. The Bertz CT molecular complexity index is 405. The molecule has 3 aliphatic heterocycles. The zero-order chi connectivity index (χ0) is 12.0. The molecule has 0 bridgehead atoms. The average Bonchev–Trinajstić information content (AvgIpc) is 2.30. The molecule has 1 unspecified atom stereocenters. The minimum Gasteiger partial charge on any atom is -0.385 e. The number of ether oxygens (including phenoxy) is 1. The van der Waals surface area contributed by atoms with E-state index in [4.69, 9.17) is 4.74 Å². The molecule has 1 amide bonds. The van der Waals surface area contributed by atoms with Gasteiger partial charge in [-0.3, -0.25) is 4.79 Å². The van der Waals surface area contributed by atoms with Crippen LogP contribution in [0.15, 0.2) is 24.0 Å². The number of hydrogen-bond donors (Lipinski definition) is 1. The van der Waals surface area contributed by atoms with Gasteiger partial charge in [-0.1, -0.05) is 0 Å². The highest BCUT2D eigenvalue weighted by molar-refractivity contribution is 5.94. The van der Waals surface area contributed by atoms with E-state index < -0.39 is 6.10 Å². The van der Waals surface area contributed by atoms with Gasteiger partial charge >= 0.3 is 0 Å². The summed E-state index contributed by atoms with van der Waals surface area (Å²) in [4.78, 5) is 16.0. The van der Waals surface area contributed by atoms with Crippen LogP contribution in [0, 0.1) is 0 Å². The molecule has 0 aromatic rings. The smallest absolute Gasteiger partial charge is 0.272 e. The van der Waals surface area contributed by atoms with Gasteiger partial charge in [0.1, 0.15) is 5.70 Å². The van der Waals surface area contributed by atoms with Crippen molar-refractivity contribution >= 4 is 5.91 Å². The van der Waals surface area contributed by atoms with Crippen molar-refractivity contribution < 1.29 is 14.6 Å². The number of aliphatic hydroxyl groups excluding tert-OH is 1. The molecule has 0 radical (unpaired) electrons. The van der Waals surface area contributed by atoms with E-state index in [0.29, 0.717) is 18.8 Å². The second-order valence-corrected chi connectivity index (χ2v) is 4.71. The first kappa shape index (κ1) is 10.8. The Labute approximate surface area is 99.9 Å². The highest BCUT2D eigenvalue weighted by atomic mass is 16.5. The van der Waals surface area contributed by atoms with Crippen molar-refractivity contribution in [3.05, 3.63) is 24.0 Å². The molecular formula is C12H16N2O3. The monoisotopic (exact) mass is 236 g/mol. The highest BCUT2D eigenvalue weighted by Crippen LogP contribution is 2.29. The molecule has 0 spiro atoms. The van der Waals surface area contributed by atoms with E-state index in [1.807, 2.05) is 11.8 Å². The third-order valence-electron chi connectivity index (χ3n) is 3.54. The highest BCUT2D eigenvalue weighted by Gasteiger charge is 2.41. The lowest BCUT2D eigenvalue weighted by Gasteiger charge is -2.47. The molecule has 5 nitrogen and oxygen atoms in total. The van der Waals surface area contributed by atoms with Crippen molar-refractivity contribution in [2.45, 2.75) is 31.7 Å². The quantitative estimate of drug-likeness (QED) is 0.645. The average molecular weight is 236 g/mol. The van der Waals surface area contributed by atoms with Gasteiger partial charge in [-0.15, -0.1) is 0 Å². The van der Waals surface area contributed by atoms with Gasteiger partial charge in [-0.2, -0.15) is 0 Å². The Morgan fingerprint density at radius 2 is 2.35 bits per heavy atom. The van der Waals surface area contributed by atoms with Crippen molar-refractivity contribution in [3.8, 4) is 0 Å². The number of carbonyl (C=O) groups excluding carboxylic acids is 1. The van der Waals surface area contributed by atoms with Gasteiger partial charge in [0, 0.05) is 12.2 Å². The van der Waals surface area contributed by atoms with Crippen molar-refractivity contribution in [2.75, 3.05) is 13.2 Å². The predicted molar refractivity (Wildman–Crippen MR) is 60.6 cm³/mol. The van der Waals surface area contributed by atoms with Crippen LogP contribution in [0.1, 0.15) is 13.3 Å². The number of hydrogen-bond acceptors (Lipinski definition) is 4. The molecule has 17 heavy (non-hydrogen) atoms. The van der Waals surface area contributed by atoms with E-state index in [0.717, 1.165) is 6.42 Å². The lowest BCUT2D eigenvalue weighted by molar-refractivity contribution is -0.170. The Hall–Kier alpha value is -1.33. The van der Waals surface area contributed by atoms with Gasteiger partial charge in [-0.05, 0) is 25.5 Å². The molecule has 3 atom stereocenters. The van der Waals surface area contributed by atoms with Crippen LogP contribution in [0.4, 0.5) is 0 Å². The maximum Gasteiger partial charge on any atom is 0.272 e. The zero-order valence-corrected chi connectivity index (χ0v) is 9.74. The summed E-state index contributed by atoms with van der Waals surface area (Å²) >= 11 is 0. The van der Waals surface area contributed by atoms with Gasteiger partial charge in [-0.25, -0.2) is 0 Å². The number of piperazine rings is 1. The molecule has 0 saturated carbocycles. The first-order valence-corrected chi connectivity index (χ1v) is 5.96. The number of fused-ring (bicyclic) bond motifs is 2. The Morgan fingerprint density at radius 1 is 1.53 bits per heavy atom. The van der Waals surface area contributed by atoms with Gasteiger partial charge in [0.2, 0.25) is 0 Å². The molecule has 2 saturated heterocycles. The van der Waals surface area contributed by atoms with E-state index in [1.54, 1.807) is 23.3 Å². The van der Waals surface area contributed by atoms with E-state index in [9.17, 15) is 9.90 Å². The van der Waals surface area contributed by atoms with E-state index in [2.05, 4.69) is 0 Å². The maximum atomic E-state index is 12.3. The van der Waals surface area contributed by atoms with Crippen LogP contribution < -0.4 is 0 Å². The molecular weight excluding hydrogens is 220 g/mol. The van der Waals surface area contributed by atoms with Crippen LogP contribution in [0.5, 0.6) is 0 Å². The second kappa shape index (κ2) is 3.85. The fraction of sp³-hybridized carbons (Fsp3) is 0.583. The number of carbonyl (C=O) groups is 1. The normalized spacial score (nSPS) is 36.5. The molecule has 3 aliphatic rings. The van der Waals surface area contributed by atoms with Crippen LogP contribution in [0.3, 0.4) is 0 Å². The molecule has 3 heterocycles. The van der Waals surface area contributed by atoms with Crippen molar-refractivity contribution in [1.82, 2.24) is 9.80 Å². The van der Waals surface area contributed by atoms with Crippen LogP contribution >= 0.6 is 0 Å². The molecule has 0 aromatic heterocycles.